The molecule has 112 valence electrons. The van der Waals surface area contributed by atoms with E-state index in [4.69, 9.17) is 4.42 Å². The van der Waals surface area contributed by atoms with Crippen LogP contribution in [0.3, 0.4) is 0 Å². The van der Waals surface area contributed by atoms with Crippen LogP contribution in [0, 0.1) is 5.92 Å². The Morgan fingerprint density at radius 1 is 1.29 bits per heavy atom. The van der Waals surface area contributed by atoms with Gasteiger partial charge in [-0.15, -0.1) is 0 Å². The maximum absolute atomic E-state index is 5.76. The van der Waals surface area contributed by atoms with Gasteiger partial charge >= 0.3 is 0 Å². The van der Waals surface area contributed by atoms with Gasteiger partial charge in [-0.05, 0) is 71.3 Å². The molecule has 0 aliphatic heterocycles. The van der Waals surface area contributed by atoms with E-state index in [0.717, 1.165) is 29.6 Å². The third kappa shape index (κ3) is 3.24. The van der Waals surface area contributed by atoms with E-state index in [0.29, 0.717) is 12.0 Å². The standard InChI is InChI=1S/C18H22BrNO/c1-2-10-20-17(18-16(19)9-11-21-18)15-8-7-13-5-3-4-6-14(13)12-15/h3-6,9,11,15,17,20H,2,7-8,10,12H2,1H3. The summed E-state index contributed by atoms with van der Waals surface area (Å²) in [6.45, 7) is 3.23. The SMILES string of the molecule is CCCNC(c1occc1Br)C1CCc2ccccc2C1. The second kappa shape index (κ2) is 6.80. The quantitative estimate of drug-likeness (QED) is 0.832. The van der Waals surface area contributed by atoms with Crippen molar-refractivity contribution in [2.75, 3.05) is 6.54 Å². The molecule has 1 aliphatic rings. The van der Waals surface area contributed by atoms with Crippen LogP contribution in [0.2, 0.25) is 0 Å². The molecule has 0 radical (unpaired) electrons. The number of rotatable bonds is 5. The van der Waals surface area contributed by atoms with Gasteiger partial charge in [0.1, 0.15) is 5.76 Å². The zero-order valence-electron chi connectivity index (χ0n) is 12.4. The van der Waals surface area contributed by atoms with Crippen molar-refractivity contribution >= 4 is 15.9 Å². The van der Waals surface area contributed by atoms with Crippen LogP contribution in [0.1, 0.15) is 42.7 Å². The topological polar surface area (TPSA) is 25.2 Å². The van der Waals surface area contributed by atoms with Gasteiger partial charge in [0.2, 0.25) is 0 Å². The van der Waals surface area contributed by atoms with Gasteiger partial charge in [0.15, 0.2) is 0 Å². The first kappa shape index (κ1) is 14.9. The Labute approximate surface area is 135 Å². The van der Waals surface area contributed by atoms with Crippen LogP contribution in [0.25, 0.3) is 0 Å². The van der Waals surface area contributed by atoms with Gasteiger partial charge in [-0.25, -0.2) is 0 Å². The molecule has 1 N–H and O–H groups in total. The van der Waals surface area contributed by atoms with Crippen molar-refractivity contribution in [1.82, 2.24) is 5.32 Å². The molecule has 2 aromatic rings. The molecule has 0 amide bonds. The molecule has 0 bridgehead atoms. The molecule has 0 spiro atoms. The molecule has 2 nitrogen and oxygen atoms in total. The minimum absolute atomic E-state index is 0.294. The summed E-state index contributed by atoms with van der Waals surface area (Å²) in [7, 11) is 0. The number of aryl methyl sites for hydroxylation is 1. The Bertz CT molecular complexity index is 592. The zero-order valence-corrected chi connectivity index (χ0v) is 14.0. The van der Waals surface area contributed by atoms with Crippen molar-refractivity contribution in [1.29, 1.82) is 0 Å². The highest BCUT2D eigenvalue weighted by molar-refractivity contribution is 9.10. The van der Waals surface area contributed by atoms with E-state index in [9.17, 15) is 0 Å². The van der Waals surface area contributed by atoms with E-state index in [1.165, 1.54) is 24.0 Å². The molecule has 21 heavy (non-hydrogen) atoms. The third-order valence-electron chi connectivity index (χ3n) is 4.40. The molecule has 1 aromatic heterocycles. The van der Waals surface area contributed by atoms with Crippen molar-refractivity contribution in [2.45, 2.75) is 38.6 Å². The number of nitrogens with one attached hydrogen (secondary N) is 1. The van der Waals surface area contributed by atoms with Crippen molar-refractivity contribution < 1.29 is 4.42 Å². The Morgan fingerprint density at radius 3 is 2.81 bits per heavy atom. The molecule has 0 saturated carbocycles. The summed E-state index contributed by atoms with van der Waals surface area (Å²) in [5.41, 5.74) is 3.02. The number of hydrogen-bond donors (Lipinski definition) is 1. The second-order valence-corrected chi connectivity index (χ2v) is 6.69. The minimum Gasteiger partial charge on any atom is -0.466 e. The van der Waals surface area contributed by atoms with E-state index < -0.39 is 0 Å². The van der Waals surface area contributed by atoms with Crippen LogP contribution in [0.5, 0.6) is 0 Å². The molecule has 1 aromatic carbocycles. The summed E-state index contributed by atoms with van der Waals surface area (Å²) in [5, 5.41) is 3.69. The highest BCUT2D eigenvalue weighted by Crippen LogP contribution is 2.37. The maximum atomic E-state index is 5.76. The summed E-state index contributed by atoms with van der Waals surface area (Å²) in [6, 6.07) is 11.1. The van der Waals surface area contributed by atoms with Crippen LogP contribution in [0.15, 0.2) is 45.5 Å². The first-order chi connectivity index (χ1) is 10.3. The highest BCUT2D eigenvalue weighted by atomic mass is 79.9. The van der Waals surface area contributed by atoms with Crippen LogP contribution >= 0.6 is 15.9 Å². The summed E-state index contributed by atoms with van der Waals surface area (Å²) < 4.78 is 6.83. The van der Waals surface area contributed by atoms with Gasteiger partial charge < -0.3 is 9.73 Å². The monoisotopic (exact) mass is 347 g/mol. The predicted octanol–water partition coefficient (Wildman–Crippen LogP) is 4.89. The van der Waals surface area contributed by atoms with Crippen molar-refractivity contribution in [2.24, 2.45) is 5.92 Å². The number of benzene rings is 1. The third-order valence-corrected chi connectivity index (χ3v) is 5.05. The molecule has 0 saturated heterocycles. The lowest BCUT2D eigenvalue weighted by Gasteiger charge is -2.31. The normalized spacial score (nSPS) is 19.2. The van der Waals surface area contributed by atoms with Crippen LogP contribution in [-0.4, -0.2) is 6.54 Å². The van der Waals surface area contributed by atoms with Crippen LogP contribution in [-0.2, 0) is 12.8 Å². The Hall–Kier alpha value is -1.06. The van der Waals surface area contributed by atoms with Crippen molar-refractivity contribution in [3.63, 3.8) is 0 Å². The summed E-state index contributed by atoms with van der Waals surface area (Å²) in [5.74, 6) is 1.64. The fraction of sp³-hybridized carbons (Fsp3) is 0.444. The van der Waals surface area contributed by atoms with Crippen molar-refractivity contribution in [3.8, 4) is 0 Å². The number of hydrogen-bond acceptors (Lipinski definition) is 2. The van der Waals surface area contributed by atoms with Gasteiger partial charge in [-0.3, -0.25) is 0 Å². The molecular formula is C18H22BrNO. The predicted molar refractivity (Wildman–Crippen MR) is 89.4 cm³/mol. The first-order valence-electron chi connectivity index (χ1n) is 7.82. The van der Waals surface area contributed by atoms with E-state index in [-0.39, 0.29) is 0 Å². The molecule has 0 fully saturated rings. The Morgan fingerprint density at radius 2 is 2.10 bits per heavy atom. The lowest BCUT2D eigenvalue weighted by molar-refractivity contribution is 0.283. The molecule has 1 aliphatic carbocycles. The maximum Gasteiger partial charge on any atom is 0.135 e. The average molecular weight is 348 g/mol. The van der Waals surface area contributed by atoms with Crippen LogP contribution < -0.4 is 5.32 Å². The fourth-order valence-corrected chi connectivity index (χ4v) is 3.76. The molecule has 2 atom stereocenters. The van der Waals surface area contributed by atoms with Gasteiger partial charge in [0.25, 0.3) is 0 Å². The smallest absolute Gasteiger partial charge is 0.135 e. The second-order valence-electron chi connectivity index (χ2n) is 5.84. The molecule has 3 heteroatoms. The minimum atomic E-state index is 0.294. The molecular weight excluding hydrogens is 326 g/mol. The van der Waals surface area contributed by atoms with Crippen molar-refractivity contribution in [3.05, 3.63) is 58.0 Å². The van der Waals surface area contributed by atoms with Gasteiger partial charge in [-0.1, -0.05) is 31.2 Å². The van der Waals surface area contributed by atoms with E-state index >= 15 is 0 Å². The summed E-state index contributed by atoms with van der Waals surface area (Å²) >= 11 is 3.62. The fourth-order valence-electron chi connectivity index (χ4n) is 3.31. The zero-order chi connectivity index (χ0) is 14.7. The van der Waals surface area contributed by atoms with Gasteiger partial charge in [0.05, 0.1) is 16.8 Å². The first-order valence-corrected chi connectivity index (χ1v) is 8.62. The summed E-state index contributed by atoms with van der Waals surface area (Å²) in [4.78, 5) is 0. The number of furan rings is 1. The number of fused-ring (bicyclic) bond motifs is 1. The Balaban J connectivity index is 1.83. The Kier molecular flexibility index (Phi) is 4.81. The average Bonchev–Trinajstić information content (AvgIpc) is 2.94. The van der Waals surface area contributed by atoms with E-state index in [1.54, 1.807) is 6.26 Å². The lowest BCUT2D eigenvalue weighted by Crippen LogP contribution is -2.32. The highest BCUT2D eigenvalue weighted by Gasteiger charge is 2.30. The molecule has 3 rings (SSSR count). The lowest BCUT2D eigenvalue weighted by atomic mass is 9.79. The van der Waals surface area contributed by atoms with Gasteiger partial charge in [0, 0.05) is 0 Å². The molecule has 1 heterocycles. The number of halogens is 1. The van der Waals surface area contributed by atoms with E-state index in [2.05, 4.69) is 52.4 Å². The van der Waals surface area contributed by atoms with E-state index in [1.807, 2.05) is 6.07 Å². The largest absolute Gasteiger partial charge is 0.466 e. The summed E-state index contributed by atoms with van der Waals surface area (Å²) in [6.07, 6.45) is 6.43. The molecule has 2 unspecified atom stereocenters. The van der Waals surface area contributed by atoms with Gasteiger partial charge in [-0.2, -0.15) is 0 Å². The van der Waals surface area contributed by atoms with Crippen LogP contribution in [0.4, 0.5) is 0 Å².